The van der Waals surface area contributed by atoms with E-state index in [0.717, 1.165) is 47.2 Å². The van der Waals surface area contributed by atoms with Crippen LogP contribution in [0.5, 0.6) is 5.75 Å². The molecular formula is C26H25ClN4O2. The smallest absolute Gasteiger partial charge is 0.217 e. The van der Waals surface area contributed by atoms with E-state index in [1.807, 2.05) is 48.5 Å². The Balaban J connectivity index is 1.48. The number of aromatic nitrogens is 3. The predicted molar refractivity (Wildman–Crippen MR) is 129 cm³/mol. The molecule has 0 spiro atoms. The second-order valence-corrected chi connectivity index (χ2v) is 9.08. The molecule has 0 saturated heterocycles. The minimum absolute atomic E-state index is 0.236. The van der Waals surface area contributed by atoms with Crippen LogP contribution >= 0.6 is 11.6 Å². The van der Waals surface area contributed by atoms with Crippen molar-refractivity contribution in [2.75, 3.05) is 0 Å². The lowest BCUT2D eigenvalue weighted by Gasteiger charge is -2.13. The van der Waals surface area contributed by atoms with Crippen molar-refractivity contribution in [1.29, 1.82) is 0 Å². The lowest BCUT2D eigenvalue weighted by Crippen LogP contribution is -2.14. The number of nitrogens with zero attached hydrogens (tertiary/aromatic N) is 2. The van der Waals surface area contributed by atoms with Crippen LogP contribution in [0.4, 0.5) is 0 Å². The molecule has 4 aromatic rings. The zero-order valence-electron chi connectivity index (χ0n) is 18.1. The van der Waals surface area contributed by atoms with Gasteiger partial charge in [-0.25, -0.2) is 9.97 Å². The summed E-state index contributed by atoms with van der Waals surface area (Å²) in [7, 11) is 0. The Morgan fingerprint density at radius 2 is 1.94 bits per heavy atom. The van der Waals surface area contributed by atoms with Crippen molar-refractivity contribution in [3.05, 3.63) is 77.1 Å². The number of aromatic amines is 1. The van der Waals surface area contributed by atoms with Gasteiger partial charge in [-0.2, -0.15) is 0 Å². The molecule has 1 saturated carbocycles. The monoisotopic (exact) mass is 460 g/mol. The fourth-order valence-electron chi connectivity index (χ4n) is 4.70. The molecule has 2 heterocycles. The van der Waals surface area contributed by atoms with E-state index in [4.69, 9.17) is 32.0 Å². The number of hydrogen-bond acceptors (Lipinski definition) is 4. The van der Waals surface area contributed by atoms with E-state index in [1.54, 1.807) is 6.07 Å². The summed E-state index contributed by atoms with van der Waals surface area (Å²) < 4.78 is 5.93. The normalized spacial score (nSPS) is 18.0. The second-order valence-electron chi connectivity index (χ2n) is 8.65. The van der Waals surface area contributed by atoms with E-state index in [-0.39, 0.29) is 11.8 Å². The molecule has 7 heteroatoms. The van der Waals surface area contributed by atoms with Gasteiger partial charge in [-0.15, -0.1) is 0 Å². The van der Waals surface area contributed by atoms with Crippen LogP contribution in [0.3, 0.4) is 0 Å². The highest BCUT2D eigenvalue weighted by molar-refractivity contribution is 6.30. The van der Waals surface area contributed by atoms with Gasteiger partial charge in [0.15, 0.2) is 5.82 Å². The van der Waals surface area contributed by atoms with Crippen molar-refractivity contribution in [1.82, 2.24) is 15.0 Å². The van der Waals surface area contributed by atoms with Crippen LogP contribution in [-0.4, -0.2) is 20.9 Å². The third kappa shape index (κ3) is 4.86. The summed E-state index contributed by atoms with van der Waals surface area (Å²) in [5.74, 6) is 1.74. The van der Waals surface area contributed by atoms with Gasteiger partial charge in [-0.05, 0) is 49.4 Å². The molecule has 1 amide bonds. The molecule has 6 nitrogen and oxygen atoms in total. The number of fused-ring (bicyclic) bond motifs is 1. The van der Waals surface area contributed by atoms with Crippen LogP contribution in [-0.2, 0) is 11.4 Å². The lowest BCUT2D eigenvalue weighted by atomic mass is 9.97. The number of ether oxygens (including phenoxy) is 1. The topological polar surface area (TPSA) is 93.9 Å². The van der Waals surface area contributed by atoms with Crippen molar-refractivity contribution in [3.8, 4) is 17.1 Å². The Morgan fingerprint density at radius 1 is 1.09 bits per heavy atom. The molecule has 5 rings (SSSR count). The SMILES string of the molecule is NC(=O)C[C@H]1CCC(c2nc(-c3ccccc3)nc3[nH]c(COc4cccc(Cl)c4)cc23)C1. The van der Waals surface area contributed by atoms with Crippen LogP contribution < -0.4 is 10.5 Å². The van der Waals surface area contributed by atoms with Gasteiger partial charge in [0.25, 0.3) is 0 Å². The van der Waals surface area contributed by atoms with E-state index in [9.17, 15) is 4.79 Å². The minimum atomic E-state index is -0.236. The van der Waals surface area contributed by atoms with E-state index in [0.29, 0.717) is 35.5 Å². The zero-order chi connectivity index (χ0) is 22.8. The average Bonchev–Trinajstić information content (AvgIpc) is 3.44. The Bertz CT molecular complexity index is 1290. The second kappa shape index (κ2) is 9.24. The van der Waals surface area contributed by atoms with Gasteiger partial charge < -0.3 is 15.5 Å². The maximum atomic E-state index is 11.4. The highest BCUT2D eigenvalue weighted by atomic mass is 35.5. The third-order valence-corrected chi connectivity index (χ3v) is 6.45. The van der Waals surface area contributed by atoms with Gasteiger partial charge in [0.1, 0.15) is 18.0 Å². The molecule has 0 aliphatic heterocycles. The lowest BCUT2D eigenvalue weighted by molar-refractivity contribution is -0.118. The van der Waals surface area contributed by atoms with Crippen molar-refractivity contribution < 1.29 is 9.53 Å². The van der Waals surface area contributed by atoms with Crippen molar-refractivity contribution in [3.63, 3.8) is 0 Å². The van der Waals surface area contributed by atoms with Gasteiger partial charge in [0.2, 0.25) is 5.91 Å². The zero-order valence-corrected chi connectivity index (χ0v) is 18.9. The Hall–Kier alpha value is -3.38. The molecule has 33 heavy (non-hydrogen) atoms. The molecule has 1 unspecified atom stereocenters. The molecule has 0 radical (unpaired) electrons. The van der Waals surface area contributed by atoms with E-state index >= 15 is 0 Å². The van der Waals surface area contributed by atoms with E-state index in [1.165, 1.54) is 0 Å². The molecular weight excluding hydrogens is 436 g/mol. The molecule has 2 atom stereocenters. The molecule has 1 aliphatic carbocycles. The first-order valence-electron chi connectivity index (χ1n) is 11.2. The van der Waals surface area contributed by atoms with Crippen LogP contribution in [0.2, 0.25) is 5.02 Å². The van der Waals surface area contributed by atoms with Gasteiger partial charge in [0.05, 0.1) is 11.4 Å². The Morgan fingerprint density at radius 3 is 2.73 bits per heavy atom. The largest absolute Gasteiger partial charge is 0.487 e. The number of nitrogens with one attached hydrogen (secondary N) is 1. The molecule has 168 valence electrons. The van der Waals surface area contributed by atoms with Crippen LogP contribution in [0.1, 0.15) is 43.0 Å². The molecule has 2 aromatic heterocycles. The van der Waals surface area contributed by atoms with Crippen LogP contribution in [0.15, 0.2) is 60.7 Å². The summed E-state index contributed by atoms with van der Waals surface area (Å²) in [5, 5.41) is 1.64. The number of benzene rings is 2. The number of rotatable bonds is 7. The first kappa shape index (κ1) is 21.5. The third-order valence-electron chi connectivity index (χ3n) is 6.21. The van der Waals surface area contributed by atoms with Crippen LogP contribution in [0.25, 0.3) is 22.4 Å². The molecule has 1 fully saturated rings. The number of amides is 1. The van der Waals surface area contributed by atoms with E-state index < -0.39 is 0 Å². The highest BCUT2D eigenvalue weighted by Crippen LogP contribution is 2.41. The molecule has 1 aliphatic rings. The van der Waals surface area contributed by atoms with Gasteiger partial charge >= 0.3 is 0 Å². The van der Waals surface area contributed by atoms with Crippen molar-refractivity contribution in [2.24, 2.45) is 11.7 Å². The molecule has 3 N–H and O–H groups in total. The number of halogens is 1. The number of nitrogens with two attached hydrogens (primary N) is 1. The van der Waals surface area contributed by atoms with Crippen molar-refractivity contribution in [2.45, 2.75) is 38.2 Å². The summed E-state index contributed by atoms with van der Waals surface area (Å²) in [4.78, 5) is 24.7. The summed E-state index contributed by atoms with van der Waals surface area (Å²) in [5.41, 5.74) is 9.15. The minimum Gasteiger partial charge on any atom is -0.487 e. The fraction of sp³-hybridized carbons (Fsp3) is 0.269. The van der Waals surface area contributed by atoms with Gasteiger partial charge in [-0.1, -0.05) is 48.0 Å². The number of carbonyl (C=O) groups is 1. The summed E-state index contributed by atoms with van der Waals surface area (Å²) in [6.07, 6.45) is 3.30. The van der Waals surface area contributed by atoms with E-state index in [2.05, 4.69) is 11.1 Å². The summed E-state index contributed by atoms with van der Waals surface area (Å²) >= 11 is 6.07. The first-order chi connectivity index (χ1) is 16.0. The number of H-pyrrole nitrogens is 1. The molecule has 0 bridgehead atoms. The highest BCUT2D eigenvalue weighted by Gasteiger charge is 2.30. The Labute approximate surface area is 197 Å². The van der Waals surface area contributed by atoms with Crippen LogP contribution in [0, 0.1) is 5.92 Å². The predicted octanol–water partition coefficient (Wildman–Crippen LogP) is 5.62. The van der Waals surface area contributed by atoms with Gasteiger partial charge in [0, 0.05) is 28.3 Å². The number of hydrogen-bond donors (Lipinski definition) is 2. The fourth-order valence-corrected chi connectivity index (χ4v) is 4.88. The first-order valence-corrected chi connectivity index (χ1v) is 11.5. The average molecular weight is 461 g/mol. The molecule has 2 aromatic carbocycles. The van der Waals surface area contributed by atoms with Crippen molar-refractivity contribution >= 4 is 28.5 Å². The standard InChI is InChI=1S/C26H25ClN4O2/c27-19-7-4-8-21(13-19)33-15-20-14-22-24(18-10-9-16(11-18)12-23(28)32)30-25(31-26(22)29-20)17-5-2-1-3-6-17/h1-8,13-14,16,18H,9-12,15H2,(H2,28,32)(H,29,30,31)/t16-,18?/m0/s1. The summed E-state index contributed by atoms with van der Waals surface area (Å²) in [6.45, 7) is 0.367. The quantitative estimate of drug-likeness (QED) is 0.374. The number of carbonyl (C=O) groups excluding carboxylic acids is 1. The van der Waals surface area contributed by atoms with Gasteiger partial charge in [-0.3, -0.25) is 4.79 Å². The summed E-state index contributed by atoms with van der Waals surface area (Å²) in [6, 6.07) is 19.4. The number of primary amides is 1. The Kier molecular flexibility index (Phi) is 6.01. The maximum Gasteiger partial charge on any atom is 0.217 e. The maximum absolute atomic E-state index is 11.4.